The van der Waals surface area contributed by atoms with Crippen molar-refractivity contribution in [3.8, 4) is 23.0 Å². The third-order valence-corrected chi connectivity index (χ3v) is 14.5. The molecule has 392 valence electrons. The largest absolute Gasteiger partial charge is 2.00 e. The van der Waals surface area contributed by atoms with Crippen LogP contribution < -0.4 is 20.4 Å². The average Bonchev–Trinajstić information content (AvgIpc) is 3.36. The predicted molar refractivity (Wildman–Crippen MR) is 249 cm³/mol. The number of nitrogens with zero attached hydrogens (tertiary/aromatic N) is 4. The molecule has 2 N–H and O–H groups in total. The molecule has 4 aromatic carbocycles. The Balaban J connectivity index is 0.000000312. The number of carbonyl (C=O) groups is 4. The summed E-state index contributed by atoms with van der Waals surface area (Å²) in [5.41, 5.74) is 2.18. The molecule has 2 saturated heterocycles. The number of halogens is 6. The number of hydrogen-bond acceptors (Lipinski definition) is 16. The molecule has 22 nitrogen and oxygen atoms in total. The molecule has 73 heavy (non-hydrogen) atoms. The summed E-state index contributed by atoms with van der Waals surface area (Å²) in [5.74, 6) is -9.44. The maximum atomic E-state index is 14.7. The van der Waals surface area contributed by atoms with Crippen molar-refractivity contribution in [1.29, 1.82) is 0 Å². The van der Waals surface area contributed by atoms with Crippen LogP contribution in [-0.2, 0) is 48.6 Å². The Labute approximate surface area is 440 Å². The van der Waals surface area contributed by atoms with Crippen LogP contribution in [0, 0.1) is 33.7 Å². The Morgan fingerprint density at radius 2 is 0.890 bits per heavy atom. The van der Waals surface area contributed by atoms with E-state index in [-0.39, 0.29) is 74.1 Å². The van der Waals surface area contributed by atoms with E-state index in [4.69, 9.17) is 51.6 Å². The Bertz CT molecular complexity index is 2580. The van der Waals surface area contributed by atoms with Crippen molar-refractivity contribution in [2.45, 2.75) is 21.9 Å². The van der Waals surface area contributed by atoms with Crippen LogP contribution in [0.15, 0.2) is 82.6 Å². The van der Waals surface area contributed by atoms with Crippen LogP contribution in [0.4, 0.5) is 27.2 Å². The normalized spacial score (nSPS) is 16.2. The molecule has 2 fully saturated rings. The molecule has 0 spiro atoms. The van der Waals surface area contributed by atoms with Crippen molar-refractivity contribution in [2.75, 3.05) is 79.9 Å². The van der Waals surface area contributed by atoms with Gasteiger partial charge in [-0.15, -0.1) is 0 Å². The zero-order valence-electron chi connectivity index (χ0n) is 38.3. The number of amides is 4. The van der Waals surface area contributed by atoms with Crippen LogP contribution in [-0.4, -0.2) is 174 Å². The second-order valence-corrected chi connectivity index (χ2v) is 19.5. The van der Waals surface area contributed by atoms with Gasteiger partial charge in [-0.05, 0) is 72.8 Å². The SMILES string of the molecule is COCCOC(=O)N1CCN(S(=O)(=O)c2cc(F)c(Oc3ccc(Cl)cc3)c(F)c2)C(C(=O)N[O-])C1.COCCOC(=O)N1CCN(S(=O)(=O)c2cc(F)c(Oc3ccc(Cl)cc3)c(F)c2)C(C(=O)N[O-])C1.[Mg+2]. The molecule has 2 aliphatic heterocycles. The summed E-state index contributed by atoms with van der Waals surface area (Å²) in [7, 11) is -6.60. The molecule has 6 rings (SSSR count). The fraction of sp³-hybridized carbons (Fsp3) is 0.333. The van der Waals surface area contributed by atoms with Gasteiger partial charge in [0.1, 0.15) is 36.8 Å². The van der Waals surface area contributed by atoms with Gasteiger partial charge in [0.2, 0.25) is 31.9 Å². The van der Waals surface area contributed by atoms with Crippen LogP contribution in [0.1, 0.15) is 0 Å². The summed E-state index contributed by atoms with van der Waals surface area (Å²) in [6, 6.07) is 9.93. The minimum atomic E-state index is -4.69. The van der Waals surface area contributed by atoms with Gasteiger partial charge in [0.25, 0.3) is 0 Å². The zero-order valence-corrected chi connectivity index (χ0v) is 42.8. The Kier molecular flexibility index (Phi) is 22.5. The van der Waals surface area contributed by atoms with Gasteiger partial charge in [0, 0.05) is 63.5 Å². The Hall–Kier alpha value is -5.31. The summed E-state index contributed by atoms with van der Waals surface area (Å²) >= 11 is 11.5. The Morgan fingerprint density at radius 3 is 1.18 bits per heavy atom. The van der Waals surface area contributed by atoms with E-state index < -0.39 is 127 Å². The number of nitrogens with one attached hydrogen (secondary N) is 2. The molecule has 2 heterocycles. The van der Waals surface area contributed by atoms with Crippen molar-refractivity contribution in [3.05, 3.63) is 117 Å². The van der Waals surface area contributed by atoms with E-state index in [1.54, 1.807) is 0 Å². The van der Waals surface area contributed by atoms with E-state index in [9.17, 15) is 64.0 Å². The van der Waals surface area contributed by atoms with E-state index in [0.29, 0.717) is 42.9 Å². The smallest absolute Gasteiger partial charge is 0.759 e. The molecule has 0 aromatic heterocycles. The molecule has 0 radical (unpaired) electrons. The van der Waals surface area contributed by atoms with Gasteiger partial charge in [-0.3, -0.25) is 9.59 Å². The summed E-state index contributed by atoms with van der Waals surface area (Å²) < 4.78 is 143. The van der Waals surface area contributed by atoms with Crippen molar-refractivity contribution < 1.29 is 82.0 Å². The molecule has 2 aliphatic rings. The van der Waals surface area contributed by atoms with Gasteiger partial charge < -0.3 is 59.6 Å². The van der Waals surface area contributed by atoms with Crippen LogP contribution in [0.5, 0.6) is 23.0 Å². The van der Waals surface area contributed by atoms with Crippen molar-refractivity contribution >= 4 is 90.3 Å². The summed E-state index contributed by atoms with van der Waals surface area (Å²) in [6.45, 7) is -2.34. The van der Waals surface area contributed by atoms with Crippen LogP contribution in [0.25, 0.3) is 0 Å². The van der Waals surface area contributed by atoms with E-state index in [0.717, 1.165) is 20.8 Å². The first-order chi connectivity index (χ1) is 34.2. The summed E-state index contributed by atoms with van der Waals surface area (Å²) in [4.78, 5) is 49.2. The Morgan fingerprint density at radius 1 is 0.575 bits per heavy atom. The minimum Gasteiger partial charge on any atom is -0.759 e. The topological polar surface area (TPSA) is 275 Å². The van der Waals surface area contributed by atoms with Gasteiger partial charge in [-0.25, -0.2) is 44.0 Å². The number of hydroxylamine groups is 2. The summed E-state index contributed by atoms with van der Waals surface area (Å²) in [5, 5.41) is 22.8. The van der Waals surface area contributed by atoms with Gasteiger partial charge in [0.15, 0.2) is 34.8 Å². The molecule has 4 amide bonds. The van der Waals surface area contributed by atoms with E-state index in [2.05, 4.69) is 0 Å². The number of methoxy groups -OCH3 is 2. The molecular formula is C42H42Cl2F4MgN6O16S2. The van der Waals surface area contributed by atoms with E-state index >= 15 is 0 Å². The number of sulfonamides is 2. The minimum absolute atomic E-state index is 0. The molecular weight excluding hydrogens is 1080 g/mol. The number of rotatable bonds is 16. The van der Waals surface area contributed by atoms with Crippen molar-refractivity contribution in [1.82, 2.24) is 29.4 Å². The molecule has 0 bridgehead atoms. The van der Waals surface area contributed by atoms with Gasteiger partial charge >= 0.3 is 35.2 Å². The van der Waals surface area contributed by atoms with Gasteiger partial charge in [0.05, 0.1) is 23.0 Å². The number of hydrogen-bond donors (Lipinski definition) is 2. The van der Waals surface area contributed by atoms with Crippen molar-refractivity contribution in [3.63, 3.8) is 0 Å². The molecule has 4 aromatic rings. The molecule has 0 saturated carbocycles. The van der Waals surface area contributed by atoms with E-state index in [1.165, 1.54) is 62.8 Å². The number of benzene rings is 4. The van der Waals surface area contributed by atoms with Crippen molar-refractivity contribution in [2.24, 2.45) is 0 Å². The summed E-state index contributed by atoms with van der Waals surface area (Å²) in [6.07, 6.45) is -1.71. The molecule has 2 atom stereocenters. The standard InChI is InChI=1S/2C21H21ClF2N3O8S.Mg/c2*1-33-8-9-34-21(29)26-6-7-27(18(12-26)20(28)25-30)36(31,32)15-10-16(23)19(17(24)11-15)35-14-4-2-13(22)3-5-14;/h2*2-5,10-11,18H,6-9,12H2,1H3,(H-,25,28,30);/q2*-1;+2. The second kappa shape index (κ2) is 27.3. The molecule has 0 aliphatic carbocycles. The molecule has 2 unspecified atom stereocenters. The predicted octanol–water partition coefficient (Wildman–Crippen LogP) is 4.58. The number of piperazine rings is 2. The van der Waals surface area contributed by atoms with Crippen LogP contribution in [0.2, 0.25) is 10.0 Å². The van der Waals surface area contributed by atoms with Crippen LogP contribution in [0.3, 0.4) is 0 Å². The zero-order chi connectivity index (χ0) is 52.9. The molecule has 31 heteroatoms. The number of carbonyl (C=O) groups excluding carboxylic acids is 4. The second-order valence-electron chi connectivity index (χ2n) is 14.8. The van der Waals surface area contributed by atoms with Crippen LogP contribution >= 0.6 is 23.2 Å². The monoisotopic (exact) mass is 1120 g/mol. The van der Waals surface area contributed by atoms with Gasteiger partial charge in [-0.2, -0.15) is 8.61 Å². The average molecular weight is 1120 g/mol. The first kappa shape index (κ1) is 60.2. The fourth-order valence-corrected chi connectivity index (χ4v) is 10.1. The van der Waals surface area contributed by atoms with E-state index in [1.807, 2.05) is 0 Å². The quantitative estimate of drug-likeness (QED) is 0.0672. The number of ether oxygens (including phenoxy) is 6. The maximum Gasteiger partial charge on any atom is 2.00 e. The third kappa shape index (κ3) is 15.4. The van der Waals surface area contributed by atoms with Gasteiger partial charge in [-0.1, -0.05) is 23.2 Å². The first-order valence-corrected chi connectivity index (χ1v) is 24.3. The maximum absolute atomic E-state index is 14.7. The first-order valence-electron chi connectivity index (χ1n) is 20.7. The third-order valence-electron chi connectivity index (χ3n) is 10.2. The fourth-order valence-electron chi connectivity index (χ4n) is 6.69.